The standard InChI is InChI=1S/C12H10BrIO2/c13-8-4-7(5-9(14)6-8)12(16)10-2-1-3-11(10)15/h4-6,10H,1-3H2. The van der Waals surface area contributed by atoms with Crippen LogP contribution in [0, 0.1) is 9.49 Å². The molecule has 1 fully saturated rings. The van der Waals surface area contributed by atoms with E-state index in [0.717, 1.165) is 14.5 Å². The molecule has 1 saturated carbocycles. The first-order valence-corrected chi connectivity index (χ1v) is 6.98. The maximum absolute atomic E-state index is 12.1. The Bertz CT molecular complexity index is 436. The average Bonchev–Trinajstić information content (AvgIpc) is 2.62. The first kappa shape index (κ1) is 12.2. The number of carbonyl (C=O) groups is 2. The minimum absolute atomic E-state index is 0.0262. The first-order valence-electron chi connectivity index (χ1n) is 5.11. The van der Waals surface area contributed by atoms with E-state index in [1.165, 1.54) is 0 Å². The van der Waals surface area contributed by atoms with Gasteiger partial charge in [0.1, 0.15) is 5.78 Å². The van der Waals surface area contributed by atoms with Gasteiger partial charge in [-0.25, -0.2) is 0 Å². The van der Waals surface area contributed by atoms with E-state index in [0.29, 0.717) is 18.4 Å². The molecule has 0 amide bonds. The van der Waals surface area contributed by atoms with Crippen molar-refractivity contribution in [3.05, 3.63) is 31.8 Å². The molecule has 1 unspecified atom stereocenters. The molecular formula is C12H10BrIO2. The second-order valence-electron chi connectivity index (χ2n) is 3.93. The lowest BCUT2D eigenvalue weighted by Gasteiger charge is -2.07. The van der Waals surface area contributed by atoms with Crippen molar-refractivity contribution < 1.29 is 9.59 Å². The Labute approximate surface area is 116 Å². The van der Waals surface area contributed by atoms with Gasteiger partial charge in [0.25, 0.3) is 0 Å². The molecule has 2 rings (SSSR count). The molecule has 1 aliphatic carbocycles. The van der Waals surface area contributed by atoms with E-state index >= 15 is 0 Å². The highest BCUT2D eigenvalue weighted by molar-refractivity contribution is 14.1. The molecule has 4 heteroatoms. The van der Waals surface area contributed by atoms with Crippen molar-refractivity contribution in [2.24, 2.45) is 5.92 Å². The summed E-state index contributed by atoms with van der Waals surface area (Å²) in [7, 11) is 0. The predicted octanol–water partition coefficient (Wildman–Crippen LogP) is 3.61. The fourth-order valence-corrected chi connectivity index (χ4v) is 3.58. The molecule has 1 aliphatic rings. The van der Waals surface area contributed by atoms with Crippen molar-refractivity contribution >= 4 is 50.1 Å². The summed E-state index contributed by atoms with van der Waals surface area (Å²) in [5, 5.41) is 0. The van der Waals surface area contributed by atoms with Gasteiger partial charge < -0.3 is 0 Å². The molecule has 0 bridgehead atoms. The number of Topliss-reactive ketones (excluding diaryl/α,β-unsaturated/α-hetero) is 2. The third-order valence-corrected chi connectivity index (χ3v) is 3.85. The summed E-state index contributed by atoms with van der Waals surface area (Å²) in [4.78, 5) is 23.6. The quantitative estimate of drug-likeness (QED) is 0.437. The molecule has 16 heavy (non-hydrogen) atoms. The van der Waals surface area contributed by atoms with Crippen LogP contribution in [-0.4, -0.2) is 11.6 Å². The number of carbonyl (C=O) groups excluding carboxylic acids is 2. The van der Waals surface area contributed by atoms with Crippen LogP contribution < -0.4 is 0 Å². The average molecular weight is 393 g/mol. The molecule has 0 N–H and O–H groups in total. The van der Waals surface area contributed by atoms with E-state index in [2.05, 4.69) is 38.5 Å². The first-order chi connectivity index (χ1) is 7.58. The van der Waals surface area contributed by atoms with E-state index < -0.39 is 5.92 Å². The minimum atomic E-state index is -0.398. The third kappa shape index (κ3) is 2.53. The summed E-state index contributed by atoms with van der Waals surface area (Å²) in [6.45, 7) is 0. The Morgan fingerprint density at radius 2 is 2.12 bits per heavy atom. The fourth-order valence-electron chi connectivity index (χ4n) is 1.99. The zero-order valence-corrected chi connectivity index (χ0v) is 12.2. The molecular weight excluding hydrogens is 383 g/mol. The number of rotatable bonds is 2. The number of halogens is 2. The molecule has 0 aliphatic heterocycles. The smallest absolute Gasteiger partial charge is 0.173 e. The second-order valence-corrected chi connectivity index (χ2v) is 6.09. The minimum Gasteiger partial charge on any atom is -0.299 e. The molecule has 0 saturated heterocycles. The van der Waals surface area contributed by atoms with Gasteiger partial charge in [-0.1, -0.05) is 15.9 Å². The molecule has 1 atom stereocenters. The highest BCUT2D eigenvalue weighted by atomic mass is 127. The van der Waals surface area contributed by atoms with E-state index in [1.807, 2.05) is 12.1 Å². The molecule has 1 aromatic carbocycles. The summed E-state index contributed by atoms with van der Waals surface area (Å²) in [6.07, 6.45) is 2.11. The SMILES string of the molecule is O=C1CCCC1C(=O)c1cc(Br)cc(I)c1. The van der Waals surface area contributed by atoms with Gasteiger partial charge in [0.2, 0.25) is 0 Å². The Hall–Kier alpha value is -0.230. The molecule has 0 aromatic heterocycles. The molecule has 0 spiro atoms. The molecule has 0 radical (unpaired) electrons. The van der Waals surface area contributed by atoms with E-state index in [-0.39, 0.29) is 11.6 Å². The maximum atomic E-state index is 12.1. The van der Waals surface area contributed by atoms with Gasteiger partial charge in [-0.15, -0.1) is 0 Å². The summed E-state index contributed by atoms with van der Waals surface area (Å²) < 4.78 is 1.88. The molecule has 2 nitrogen and oxygen atoms in total. The molecule has 84 valence electrons. The second kappa shape index (κ2) is 4.96. The van der Waals surface area contributed by atoms with E-state index in [4.69, 9.17) is 0 Å². The van der Waals surface area contributed by atoms with E-state index in [9.17, 15) is 9.59 Å². The lowest BCUT2D eigenvalue weighted by molar-refractivity contribution is -0.119. The number of benzene rings is 1. The van der Waals surface area contributed by atoms with Crippen molar-refractivity contribution in [3.63, 3.8) is 0 Å². The molecule has 0 heterocycles. The van der Waals surface area contributed by atoms with Crippen LogP contribution in [0.5, 0.6) is 0 Å². The monoisotopic (exact) mass is 392 g/mol. The zero-order valence-electron chi connectivity index (χ0n) is 8.50. The Balaban J connectivity index is 2.30. The zero-order chi connectivity index (χ0) is 11.7. The number of ketones is 2. The summed E-state index contributed by atoms with van der Waals surface area (Å²) in [6, 6.07) is 5.56. The van der Waals surface area contributed by atoms with Crippen LogP contribution >= 0.6 is 38.5 Å². The van der Waals surface area contributed by atoms with Gasteiger partial charge in [-0.2, -0.15) is 0 Å². The van der Waals surface area contributed by atoms with E-state index in [1.54, 1.807) is 6.07 Å². The predicted molar refractivity (Wildman–Crippen MR) is 73.5 cm³/mol. The Morgan fingerprint density at radius 1 is 1.38 bits per heavy atom. The highest BCUT2D eigenvalue weighted by Gasteiger charge is 2.31. The van der Waals surface area contributed by atoms with Crippen LogP contribution in [0.2, 0.25) is 0 Å². The normalized spacial score (nSPS) is 20.1. The van der Waals surface area contributed by atoms with Gasteiger partial charge in [0.05, 0.1) is 5.92 Å². The van der Waals surface area contributed by atoms with Gasteiger partial charge >= 0.3 is 0 Å². The maximum Gasteiger partial charge on any atom is 0.173 e. The van der Waals surface area contributed by atoms with Gasteiger partial charge in [-0.3, -0.25) is 9.59 Å². The third-order valence-electron chi connectivity index (χ3n) is 2.77. The lowest BCUT2D eigenvalue weighted by atomic mass is 9.96. The van der Waals surface area contributed by atoms with Crippen molar-refractivity contribution in [2.45, 2.75) is 19.3 Å². The molecule has 1 aromatic rings. The van der Waals surface area contributed by atoms with Crippen LogP contribution in [0.3, 0.4) is 0 Å². The van der Waals surface area contributed by atoms with Crippen LogP contribution in [-0.2, 0) is 4.79 Å². The lowest BCUT2D eigenvalue weighted by Crippen LogP contribution is -2.18. The fraction of sp³-hybridized carbons (Fsp3) is 0.333. The Morgan fingerprint density at radius 3 is 2.69 bits per heavy atom. The summed E-state index contributed by atoms with van der Waals surface area (Å²) in [5.74, 6) is -0.327. The van der Waals surface area contributed by atoms with Crippen LogP contribution in [0.4, 0.5) is 0 Å². The van der Waals surface area contributed by atoms with Crippen molar-refractivity contribution in [1.29, 1.82) is 0 Å². The van der Waals surface area contributed by atoms with Gasteiger partial charge in [0, 0.05) is 20.0 Å². The van der Waals surface area contributed by atoms with Gasteiger partial charge in [-0.05, 0) is 53.6 Å². The summed E-state index contributed by atoms with van der Waals surface area (Å²) in [5.41, 5.74) is 0.638. The summed E-state index contributed by atoms with van der Waals surface area (Å²) >= 11 is 5.53. The number of hydrogen-bond acceptors (Lipinski definition) is 2. The van der Waals surface area contributed by atoms with Crippen molar-refractivity contribution in [2.75, 3.05) is 0 Å². The van der Waals surface area contributed by atoms with Crippen LogP contribution in [0.15, 0.2) is 22.7 Å². The van der Waals surface area contributed by atoms with Gasteiger partial charge in [0.15, 0.2) is 5.78 Å². The topological polar surface area (TPSA) is 34.1 Å². The van der Waals surface area contributed by atoms with Crippen molar-refractivity contribution in [1.82, 2.24) is 0 Å². The van der Waals surface area contributed by atoms with Crippen molar-refractivity contribution in [3.8, 4) is 0 Å². The van der Waals surface area contributed by atoms with Crippen LogP contribution in [0.1, 0.15) is 29.6 Å². The highest BCUT2D eigenvalue weighted by Crippen LogP contribution is 2.27. The Kier molecular flexibility index (Phi) is 3.79. The number of hydrogen-bond donors (Lipinski definition) is 0. The largest absolute Gasteiger partial charge is 0.299 e. The van der Waals surface area contributed by atoms with Crippen LogP contribution in [0.25, 0.3) is 0 Å².